The van der Waals surface area contributed by atoms with Gasteiger partial charge in [-0.3, -0.25) is 0 Å². The standard InChI is InChI=1S/C13H12ClN3O.Zn/c1-2-3-11(18)9-7-17(8-4-5-8)10-6-15-13(14)16-12(9)10;/h1,6-8,11,18H,3-5H2;. The molecule has 1 fully saturated rings. The molecule has 2 aromatic heterocycles. The molecule has 94 valence electrons. The van der Waals surface area contributed by atoms with E-state index in [2.05, 4.69) is 20.5 Å². The van der Waals surface area contributed by atoms with E-state index in [4.69, 9.17) is 18.0 Å². The van der Waals surface area contributed by atoms with Gasteiger partial charge in [0.25, 0.3) is 0 Å². The Labute approximate surface area is 129 Å². The number of aliphatic hydroxyl groups excluding tert-OH is 1. The summed E-state index contributed by atoms with van der Waals surface area (Å²) in [5.41, 5.74) is 2.34. The van der Waals surface area contributed by atoms with Gasteiger partial charge in [0.2, 0.25) is 5.28 Å². The average molecular weight is 327 g/mol. The molecule has 19 heavy (non-hydrogen) atoms. The molecule has 0 aliphatic heterocycles. The van der Waals surface area contributed by atoms with Crippen molar-refractivity contribution in [3.63, 3.8) is 0 Å². The van der Waals surface area contributed by atoms with Crippen LogP contribution in [0.5, 0.6) is 0 Å². The Morgan fingerprint density at radius 3 is 2.95 bits per heavy atom. The van der Waals surface area contributed by atoms with Crippen molar-refractivity contribution in [1.29, 1.82) is 0 Å². The van der Waals surface area contributed by atoms with Gasteiger partial charge in [-0.25, -0.2) is 9.97 Å². The van der Waals surface area contributed by atoms with Gasteiger partial charge < -0.3 is 9.67 Å². The molecule has 1 aliphatic rings. The molecular formula is C13H12ClN3OZn. The number of terminal acetylenes is 1. The Hall–Kier alpha value is -0.947. The van der Waals surface area contributed by atoms with Crippen molar-refractivity contribution in [3.05, 3.63) is 23.2 Å². The minimum absolute atomic E-state index is 0. The molecule has 0 amide bonds. The number of aliphatic hydroxyl groups is 1. The van der Waals surface area contributed by atoms with Crippen molar-refractivity contribution < 1.29 is 24.6 Å². The summed E-state index contributed by atoms with van der Waals surface area (Å²) in [4.78, 5) is 8.22. The second-order valence-electron chi connectivity index (χ2n) is 4.52. The fourth-order valence-electron chi connectivity index (χ4n) is 2.16. The van der Waals surface area contributed by atoms with E-state index in [-0.39, 0.29) is 31.2 Å². The van der Waals surface area contributed by atoms with Gasteiger partial charge >= 0.3 is 0 Å². The van der Waals surface area contributed by atoms with E-state index in [1.54, 1.807) is 6.20 Å². The summed E-state index contributed by atoms with van der Waals surface area (Å²) in [6.45, 7) is 0. The van der Waals surface area contributed by atoms with Crippen LogP contribution in [0.4, 0.5) is 0 Å². The van der Waals surface area contributed by atoms with E-state index in [0.29, 0.717) is 11.6 Å². The maximum Gasteiger partial charge on any atom is 0.223 e. The quantitative estimate of drug-likeness (QED) is 0.535. The van der Waals surface area contributed by atoms with Gasteiger partial charge in [-0.1, -0.05) is 0 Å². The summed E-state index contributed by atoms with van der Waals surface area (Å²) < 4.78 is 2.11. The van der Waals surface area contributed by atoms with Crippen molar-refractivity contribution in [3.8, 4) is 12.3 Å². The first-order valence-corrected chi connectivity index (χ1v) is 6.23. The second-order valence-corrected chi connectivity index (χ2v) is 4.86. The van der Waals surface area contributed by atoms with Gasteiger partial charge in [-0.05, 0) is 24.4 Å². The molecule has 2 heterocycles. The maximum atomic E-state index is 10.1. The van der Waals surface area contributed by atoms with E-state index in [9.17, 15) is 5.11 Å². The van der Waals surface area contributed by atoms with Crippen LogP contribution in [0.15, 0.2) is 12.4 Å². The molecule has 1 atom stereocenters. The van der Waals surface area contributed by atoms with Crippen LogP contribution >= 0.6 is 11.6 Å². The van der Waals surface area contributed by atoms with Crippen LogP contribution in [0, 0.1) is 12.3 Å². The molecule has 1 unspecified atom stereocenters. The zero-order valence-corrected chi connectivity index (χ0v) is 14.1. The monoisotopic (exact) mass is 325 g/mol. The van der Waals surface area contributed by atoms with E-state index < -0.39 is 6.10 Å². The Kier molecular flexibility index (Phi) is 4.25. The minimum atomic E-state index is -0.705. The van der Waals surface area contributed by atoms with Crippen LogP contribution in [0.2, 0.25) is 5.28 Å². The summed E-state index contributed by atoms with van der Waals surface area (Å²) >= 11 is 5.82. The third kappa shape index (κ3) is 2.67. The van der Waals surface area contributed by atoms with Gasteiger partial charge in [-0.2, -0.15) is 0 Å². The fourth-order valence-corrected chi connectivity index (χ4v) is 2.29. The van der Waals surface area contributed by atoms with Crippen LogP contribution < -0.4 is 0 Å². The summed E-state index contributed by atoms with van der Waals surface area (Å²) in [5.74, 6) is 2.46. The molecule has 0 spiro atoms. The average Bonchev–Trinajstić information content (AvgIpc) is 3.11. The topological polar surface area (TPSA) is 50.9 Å². The van der Waals surface area contributed by atoms with Gasteiger partial charge in [0.15, 0.2) is 0 Å². The number of nitrogens with zero attached hydrogens (tertiary/aromatic N) is 3. The van der Waals surface area contributed by atoms with Crippen molar-refractivity contribution in [2.75, 3.05) is 0 Å². The van der Waals surface area contributed by atoms with E-state index in [0.717, 1.165) is 23.9 Å². The molecule has 1 saturated carbocycles. The van der Waals surface area contributed by atoms with Gasteiger partial charge in [-0.15, -0.1) is 12.3 Å². The largest absolute Gasteiger partial charge is 0.387 e. The predicted molar refractivity (Wildman–Crippen MR) is 69.2 cm³/mol. The number of rotatable bonds is 3. The minimum Gasteiger partial charge on any atom is -0.387 e. The maximum absolute atomic E-state index is 10.1. The predicted octanol–water partition coefficient (Wildman–Crippen LogP) is 2.47. The number of halogens is 1. The first-order valence-electron chi connectivity index (χ1n) is 5.85. The van der Waals surface area contributed by atoms with Crippen LogP contribution in [0.3, 0.4) is 0 Å². The third-order valence-corrected chi connectivity index (χ3v) is 3.36. The molecule has 2 aromatic rings. The van der Waals surface area contributed by atoms with Gasteiger partial charge in [0.05, 0.1) is 23.3 Å². The zero-order chi connectivity index (χ0) is 12.7. The molecule has 0 aromatic carbocycles. The zero-order valence-electron chi connectivity index (χ0n) is 10.4. The van der Waals surface area contributed by atoms with Gasteiger partial charge in [0, 0.05) is 43.7 Å². The summed E-state index contributed by atoms with van der Waals surface area (Å²) in [6, 6.07) is 0.490. The number of hydrogen-bond donors (Lipinski definition) is 1. The smallest absolute Gasteiger partial charge is 0.223 e. The normalized spacial score (nSPS) is 15.8. The number of aromatic nitrogens is 3. The summed E-state index contributed by atoms with van der Waals surface area (Å²) in [6.07, 6.45) is 10.7. The van der Waals surface area contributed by atoms with Crippen LogP contribution in [0.25, 0.3) is 11.0 Å². The van der Waals surface area contributed by atoms with Crippen molar-refractivity contribution in [2.24, 2.45) is 0 Å². The first kappa shape index (κ1) is 14.5. The second kappa shape index (κ2) is 5.58. The summed E-state index contributed by atoms with van der Waals surface area (Å²) in [5, 5.41) is 10.3. The van der Waals surface area contributed by atoms with E-state index in [1.165, 1.54) is 0 Å². The van der Waals surface area contributed by atoms with Crippen molar-refractivity contribution in [1.82, 2.24) is 14.5 Å². The Morgan fingerprint density at radius 1 is 1.58 bits per heavy atom. The Balaban J connectivity index is 0.00000133. The number of hydrogen-bond acceptors (Lipinski definition) is 3. The first-order chi connectivity index (χ1) is 8.70. The van der Waals surface area contributed by atoms with Crippen LogP contribution in [-0.4, -0.2) is 19.6 Å². The summed E-state index contributed by atoms with van der Waals surface area (Å²) in [7, 11) is 0. The molecule has 4 nitrogen and oxygen atoms in total. The van der Waals surface area contributed by atoms with Crippen LogP contribution in [-0.2, 0) is 19.5 Å². The van der Waals surface area contributed by atoms with Crippen molar-refractivity contribution in [2.45, 2.75) is 31.4 Å². The van der Waals surface area contributed by atoms with E-state index >= 15 is 0 Å². The van der Waals surface area contributed by atoms with E-state index in [1.807, 2.05) is 6.20 Å². The third-order valence-electron chi connectivity index (χ3n) is 3.18. The molecule has 0 saturated heterocycles. The molecule has 0 radical (unpaired) electrons. The molecule has 0 bridgehead atoms. The fraction of sp³-hybridized carbons (Fsp3) is 0.385. The van der Waals surface area contributed by atoms with Gasteiger partial charge in [0.1, 0.15) is 0 Å². The molecule has 3 rings (SSSR count). The Morgan fingerprint density at radius 2 is 2.32 bits per heavy atom. The molecule has 1 N–H and O–H groups in total. The van der Waals surface area contributed by atoms with Crippen LogP contribution in [0.1, 0.15) is 37.0 Å². The molecule has 6 heteroatoms. The Bertz CT molecular complexity index is 645. The molecular weight excluding hydrogens is 315 g/mol. The number of fused-ring (bicyclic) bond motifs is 1. The van der Waals surface area contributed by atoms with Crippen molar-refractivity contribution >= 4 is 22.6 Å². The SMILES string of the molecule is C#CCC(O)c1cn(C2CC2)c2cnc(Cl)nc12.[Zn]. The molecule has 1 aliphatic carbocycles.